The summed E-state index contributed by atoms with van der Waals surface area (Å²) in [4.78, 5) is 35.6. The molecule has 1 aliphatic carbocycles. The summed E-state index contributed by atoms with van der Waals surface area (Å²) in [6.07, 6.45) is 0.862. The number of hydrogen-bond donors (Lipinski definition) is 3. The number of benzene rings is 2. The summed E-state index contributed by atoms with van der Waals surface area (Å²) in [5.74, 6) is -1.21. The predicted octanol–water partition coefficient (Wildman–Crippen LogP) is 4.31. The van der Waals surface area contributed by atoms with Gasteiger partial charge in [-0.25, -0.2) is 4.79 Å². The Morgan fingerprint density at radius 3 is 2.09 bits per heavy atom. The first-order valence-electron chi connectivity index (χ1n) is 11.5. The fourth-order valence-electron chi connectivity index (χ4n) is 4.29. The van der Waals surface area contributed by atoms with Crippen molar-refractivity contribution in [2.45, 2.75) is 51.5 Å². The van der Waals surface area contributed by atoms with Gasteiger partial charge in [-0.05, 0) is 34.6 Å². The molecule has 0 aliphatic heterocycles. The first-order chi connectivity index (χ1) is 15.9. The molecule has 33 heavy (non-hydrogen) atoms. The Morgan fingerprint density at radius 2 is 1.55 bits per heavy atom. The van der Waals surface area contributed by atoms with Crippen molar-refractivity contribution < 1.29 is 24.2 Å². The number of aliphatic carboxylic acids is 1. The zero-order chi connectivity index (χ0) is 23.8. The van der Waals surface area contributed by atoms with E-state index in [0.717, 1.165) is 11.1 Å². The molecule has 7 heteroatoms. The highest BCUT2D eigenvalue weighted by Crippen LogP contribution is 2.44. The zero-order valence-electron chi connectivity index (χ0n) is 19.2. The maximum atomic E-state index is 12.4. The van der Waals surface area contributed by atoms with Gasteiger partial charge in [0.05, 0.1) is 6.42 Å². The van der Waals surface area contributed by atoms with Crippen molar-refractivity contribution in [3.8, 4) is 11.1 Å². The summed E-state index contributed by atoms with van der Waals surface area (Å²) in [6.45, 7) is 4.34. The first-order valence-corrected chi connectivity index (χ1v) is 11.5. The topological polar surface area (TPSA) is 105 Å². The smallest absolute Gasteiger partial charge is 0.407 e. The van der Waals surface area contributed by atoms with Gasteiger partial charge in [-0.1, -0.05) is 68.8 Å². The molecular weight excluding hydrogens is 420 g/mol. The zero-order valence-corrected chi connectivity index (χ0v) is 19.2. The Balaban J connectivity index is 1.49. The monoisotopic (exact) mass is 452 g/mol. The fraction of sp³-hybridized carbons (Fsp3) is 0.423. The van der Waals surface area contributed by atoms with E-state index in [9.17, 15) is 14.4 Å². The molecule has 0 fully saturated rings. The third-order valence-corrected chi connectivity index (χ3v) is 6.21. The van der Waals surface area contributed by atoms with Crippen LogP contribution in [-0.4, -0.2) is 42.3 Å². The molecule has 2 atom stereocenters. The summed E-state index contributed by atoms with van der Waals surface area (Å²) < 4.78 is 5.55. The molecule has 0 heterocycles. The Kier molecular flexibility index (Phi) is 8.46. The molecule has 0 bridgehead atoms. The lowest BCUT2D eigenvalue weighted by Crippen LogP contribution is -2.38. The lowest BCUT2D eigenvalue weighted by Gasteiger charge is -2.19. The van der Waals surface area contributed by atoms with Crippen LogP contribution >= 0.6 is 0 Å². The molecule has 3 N–H and O–H groups in total. The number of carbonyl (C=O) groups excluding carboxylic acids is 2. The molecule has 2 aromatic rings. The van der Waals surface area contributed by atoms with Crippen LogP contribution in [-0.2, 0) is 14.3 Å². The van der Waals surface area contributed by atoms with Crippen LogP contribution in [0.4, 0.5) is 4.79 Å². The highest BCUT2D eigenvalue weighted by atomic mass is 16.5. The van der Waals surface area contributed by atoms with Crippen LogP contribution in [0, 0.1) is 5.92 Å². The molecule has 0 aromatic heterocycles. The lowest BCUT2D eigenvalue weighted by molar-refractivity contribution is -0.137. The Bertz CT molecular complexity index is 945. The summed E-state index contributed by atoms with van der Waals surface area (Å²) in [5, 5.41) is 14.5. The molecule has 1 unspecified atom stereocenters. The normalized spacial score (nSPS) is 14.0. The maximum absolute atomic E-state index is 12.4. The number of amides is 2. The second-order valence-corrected chi connectivity index (χ2v) is 8.46. The van der Waals surface area contributed by atoms with Gasteiger partial charge in [0.1, 0.15) is 6.61 Å². The summed E-state index contributed by atoms with van der Waals surface area (Å²) in [6, 6.07) is 15.9. The number of fused-ring (bicyclic) bond motifs is 3. The summed E-state index contributed by atoms with van der Waals surface area (Å²) in [7, 11) is 0. The highest BCUT2D eigenvalue weighted by Gasteiger charge is 2.29. The van der Waals surface area contributed by atoms with Gasteiger partial charge in [-0.2, -0.15) is 0 Å². The van der Waals surface area contributed by atoms with E-state index in [1.807, 2.05) is 38.1 Å². The molecule has 7 nitrogen and oxygen atoms in total. The van der Waals surface area contributed by atoms with Gasteiger partial charge >= 0.3 is 12.1 Å². The third-order valence-electron chi connectivity index (χ3n) is 6.21. The van der Waals surface area contributed by atoms with E-state index < -0.39 is 12.1 Å². The van der Waals surface area contributed by atoms with E-state index in [4.69, 9.17) is 9.84 Å². The van der Waals surface area contributed by atoms with Crippen LogP contribution in [0.15, 0.2) is 48.5 Å². The minimum Gasteiger partial charge on any atom is -0.481 e. The second kappa shape index (κ2) is 11.5. The average molecular weight is 453 g/mol. The van der Waals surface area contributed by atoms with Crippen molar-refractivity contribution in [1.29, 1.82) is 0 Å². The van der Waals surface area contributed by atoms with Gasteiger partial charge in [0.25, 0.3) is 0 Å². The number of alkyl carbamates (subject to hydrolysis) is 1. The predicted molar refractivity (Wildman–Crippen MR) is 126 cm³/mol. The van der Waals surface area contributed by atoms with E-state index in [2.05, 4.69) is 34.9 Å². The number of carboxylic acid groups (broad SMARTS) is 1. The number of rotatable bonds is 11. The number of hydrogen-bond acceptors (Lipinski definition) is 4. The number of ether oxygens (including phenoxy) is 1. The average Bonchev–Trinajstić information content (AvgIpc) is 3.13. The van der Waals surface area contributed by atoms with Crippen LogP contribution in [0.5, 0.6) is 0 Å². The van der Waals surface area contributed by atoms with Crippen molar-refractivity contribution in [3.05, 3.63) is 59.7 Å². The highest BCUT2D eigenvalue weighted by molar-refractivity contribution is 5.79. The first kappa shape index (κ1) is 24.3. The largest absolute Gasteiger partial charge is 0.481 e. The molecule has 1 aliphatic rings. The van der Waals surface area contributed by atoms with E-state index in [1.54, 1.807) is 0 Å². The van der Waals surface area contributed by atoms with Gasteiger partial charge in [0.2, 0.25) is 5.91 Å². The Morgan fingerprint density at radius 1 is 0.939 bits per heavy atom. The van der Waals surface area contributed by atoms with Gasteiger partial charge < -0.3 is 20.5 Å². The van der Waals surface area contributed by atoms with Crippen molar-refractivity contribution in [1.82, 2.24) is 10.6 Å². The van der Waals surface area contributed by atoms with E-state index >= 15 is 0 Å². The summed E-state index contributed by atoms with van der Waals surface area (Å²) >= 11 is 0. The van der Waals surface area contributed by atoms with Crippen molar-refractivity contribution in [2.75, 3.05) is 13.2 Å². The second-order valence-electron chi connectivity index (χ2n) is 8.46. The van der Waals surface area contributed by atoms with Crippen LogP contribution < -0.4 is 10.6 Å². The van der Waals surface area contributed by atoms with Crippen molar-refractivity contribution >= 4 is 18.0 Å². The van der Waals surface area contributed by atoms with Gasteiger partial charge in [-0.3, -0.25) is 9.59 Å². The standard InChI is InChI=1S/C26H32N2O5/c1-3-17(13-24(29)28-18(4-2)14-25(30)31)15-27-26(32)33-16-23-21-11-7-5-9-19(21)20-10-6-8-12-22(20)23/h5-12,17-18,23H,3-4,13-16H2,1-2H3,(H,27,32)(H,28,29)(H,30,31)/t17?,18-/m1/s1. The number of carbonyl (C=O) groups is 3. The van der Waals surface area contributed by atoms with Gasteiger partial charge in [0, 0.05) is 24.9 Å². The minimum atomic E-state index is -0.939. The van der Waals surface area contributed by atoms with E-state index in [1.165, 1.54) is 11.1 Å². The number of nitrogens with one attached hydrogen (secondary N) is 2. The number of carboxylic acids is 1. The van der Waals surface area contributed by atoms with Crippen molar-refractivity contribution in [3.63, 3.8) is 0 Å². The molecule has 0 saturated heterocycles. The van der Waals surface area contributed by atoms with Crippen molar-refractivity contribution in [2.24, 2.45) is 5.92 Å². The van der Waals surface area contributed by atoms with Gasteiger partial charge in [-0.15, -0.1) is 0 Å². The summed E-state index contributed by atoms with van der Waals surface area (Å²) in [5.41, 5.74) is 4.66. The van der Waals surface area contributed by atoms with Crippen LogP contribution in [0.1, 0.15) is 56.6 Å². The van der Waals surface area contributed by atoms with Crippen LogP contribution in [0.2, 0.25) is 0 Å². The fourth-order valence-corrected chi connectivity index (χ4v) is 4.29. The lowest BCUT2D eigenvalue weighted by atomic mass is 9.98. The quantitative estimate of drug-likeness (QED) is 0.471. The molecular formula is C26H32N2O5. The van der Waals surface area contributed by atoms with E-state index in [0.29, 0.717) is 19.4 Å². The maximum Gasteiger partial charge on any atom is 0.407 e. The molecule has 0 radical (unpaired) electrons. The molecule has 2 amide bonds. The Hall–Kier alpha value is -3.35. The van der Waals surface area contributed by atoms with Crippen LogP contribution in [0.25, 0.3) is 11.1 Å². The molecule has 3 rings (SSSR count). The Labute approximate surface area is 194 Å². The molecule has 176 valence electrons. The SMILES string of the molecule is CCC(CNC(=O)OCC1c2ccccc2-c2ccccc21)CC(=O)N[C@H](CC)CC(=O)O. The van der Waals surface area contributed by atoms with Crippen LogP contribution in [0.3, 0.4) is 0 Å². The molecule has 0 spiro atoms. The minimum absolute atomic E-state index is 0.00360. The van der Waals surface area contributed by atoms with Gasteiger partial charge in [0.15, 0.2) is 0 Å². The molecule has 0 saturated carbocycles. The third kappa shape index (κ3) is 6.34. The van der Waals surface area contributed by atoms with E-state index in [-0.39, 0.29) is 43.2 Å². The molecule has 2 aromatic carbocycles.